The average molecular weight is 304 g/mol. The summed E-state index contributed by atoms with van der Waals surface area (Å²) in [5.41, 5.74) is 0. The third-order valence-electron chi connectivity index (χ3n) is 3.71. The zero-order valence-corrected chi connectivity index (χ0v) is 14.5. The number of rotatable bonds is 14. The maximum atomic E-state index is 5.80. The van der Waals surface area contributed by atoms with Crippen LogP contribution in [-0.2, 0) is 0 Å². The van der Waals surface area contributed by atoms with E-state index in [9.17, 15) is 0 Å². The normalized spacial score (nSPS) is 10.6. The summed E-state index contributed by atoms with van der Waals surface area (Å²) in [7, 11) is 0. The highest BCUT2D eigenvalue weighted by atomic mass is 16.5. The largest absolute Gasteiger partial charge is 0.489 e. The van der Waals surface area contributed by atoms with Crippen molar-refractivity contribution in [2.45, 2.75) is 78.1 Å². The molecule has 124 valence electrons. The molecule has 0 aliphatic carbocycles. The predicted octanol–water partition coefficient (Wildman–Crippen LogP) is 5.99. The summed E-state index contributed by atoms with van der Waals surface area (Å²) in [6.07, 6.45) is 12.4. The number of benzene rings is 1. The third-order valence-corrected chi connectivity index (χ3v) is 3.71. The van der Waals surface area contributed by atoms with E-state index in [0.717, 1.165) is 26.1 Å². The van der Waals surface area contributed by atoms with Crippen LogP contribution in [0.4, 0.5) is 0 Å². The lowest BCUT2D eigenvalue weighted by atomic mass is 10.2. The van der Waals surface area contributed by atoms with Crippen LogP contribution in [0.15, 0.2) is 12.1 Å². The summed E-state index contributed by atoms with van der Waals surface area (Å²) >= 11 is 0. The molecule has 0 saturated carbocycles. The molecule has 1 rings (SSSR count). The van der Waals surface area contributed by atoms with E-state index in [2.05, 4.69) is 26.0 Å². The summed E-state index contributed by atoms with van der Waals surface area (Å²) < 4.78 is 11.6. The van der Waals surface area contributed by atoms with Gasteiger partial charge in [-0.2, -0.15) is 0 Å². The molecule has 0 unspecified atom stereocenters. The van der Waals surface area contributed by atoms with Gasteiger partial charge in [0, 0.05) is 12.1 Å². The molecule has 0 atom stereocenters. The zero-order valence-electron chi connectivity index (χ0n) is 14.5. The van der Waals surface area contributed by atoms with E-state index in [-0.39, 0.29) is 0 Å². The molecule has 2 heteroatoms. The molecule has 0 heterocycles. The van der Waals surface area contributed by atoms with Crippen LogP contribution in [-0.4, -0.2) is 13.2 Å². The molecular weight excluding hydrogens is 272 g/mol. The standard InChI is InChI=1S/C20H32O2/c1-3-5-7-9-13-17-21-19-15-11-12-16-20(19)22-18-14-10-8-6-4-2/h11-12H,3-10,13-14,17-18H2,1-2H3. The zero-order chi connectivity index (χ0) is 15.9. The van der Waals surface area contributed by atoms with Crippen LogP contribution in [0.3, 0.4) is 0 Å². The number of hydrogen-bond donors (Lipinski definition) is 0. The maximum absolute atomic E-state index is 5.80. The van der Waals surface area contributed by atoms with Gasteiger partial charge in [-0.25, -0.2) is 0 Å². The van der Waals surface area contributed by atoms with Crippen molar-refractivity contribution in [1.82, 2.24) is 0 Å². The Kier molecular flexibility index (Phi) is 11.6. The first-order valence-electron chi connectivity index (χ1n) is 9.06. The van der Waals surface area contributed by atoms with Crippen molar-refractivity contribution in [3.8, 4) is 11.5 Å². The fraction of sp³-hybridized carbons (Fsp3) is 0.700. The highest BCUT2D eigenvalue weighted by Gasteiger charge is 2.04. The van der Waals surface area contributed by atoms with Crippen LogP contribution in [0.25, 0.3) is 0 Å². The van der Waals surface area contributed by atoms with E-state index in [0.29, 0.717) is 11.5 Å². The quantitative estimate of drug-likeness (QED) is 0.393. The first-order chi connectivity index (χ1) is 10.9. The van der Waals surface area contributed by atoms with Gasteiger partial charge in [0.05, 0.1) is 13.2 Å². The lowest BCUT2D eigenvalue weighted by Crippen LogP contribution is -2.02. The highest BCUT2D eigenvalue weighted by molar-refractivity contribution is 5.37. The molecule has 0 aromatic heterocycles. The van der Waals surface area contributed by atoms with E-state index < -0.39 is 0 Å². The number of unbranched alkanes of at least 4 members (excludes halogenated alkanes) is 8. The summed E-state index contributed by atoms with van der Waals surface area (Å²) in [4.78, 5) is 0. The molecular formula is C20H32O2. The fourth-order valence-corrected chi connectivity index (χ4v) is 2.34. The number of ether oxygens (including phenoxy) is 2. The van der Waals surface area contributed by atoms with Crippen LogP contribution < -0.4 is 9.47 Å². The van der Waals surface area contributed by atoms with Gasteiger partial charge in [-0.15, -0.1) is 0 Å². The molecule has 0 fully saturated rings. The van der Waals surface area contributed by atoms with E-state index in [1.165, 1.54) is 51.4 Å². The summed E-state index contributed by atoms with van der Waals surface area (Å²) in [5, 5.41) is 0. The second-order valence-electron chi connectivity index (χ2n) is 5.81. The minimum atomic E-state index is 0.714. The topological polar surface area (TPSA) is 18.5 Å². The van der Waals surface area contributed by atoms with Gasteiger partial charge in [-0.05, 0) is 25.0 Å². The van der Waals surface area contributed by atoms with Gasteiger partial charge < -0.3 is 9.47 Å². The van der Waals surface area contributed by atoms with Gasteiger partial charge in [0.2, 0.25) is 0 Å². The van der Waals surface area contributed by atoms with Crippen molar-refractivity contribution in [2.24, 2.45) is 0 Å². The first kappa shape index (κ1) is 18.9. The second kappa shape index (κ2) is 13.5. The molecule has 2 nitrogen and oxygen atoms in total. The van der Waals surface area contributed by atoms with Gasteiger partial charge in [-0.3, -0.25) is 0 Å². The first-order valence-corrected chi connectivity index (χ1v) is 9.06. The van der Waals surface area contributed by atoms with Crippen molar-refractivity contribution in [1.29, 1.82) is 0 Å². The van der Waals surface area contributed by atoms with Gasteiger partial charge in [-0.1, -0.05) is 65.2 Å². The van der Waals surface area contributed by atoms with E-state index in [4.69, 9.17) is 9.47 Å². The Bertz CT molecular complexity index is 327. The Hall–Kier alpha value is -1.18. The van der Waals surface area contributed by atoms with Crippen molar-refractivity contribution in [3.05, 3.63) is 24.3 Å². The minimum absolute atomic E-state index is 0.714. The third kappa shape index (κ3) is 8.96. The monoisotopic (exact) mass is 304 g/mol. The van der Waals surface area contributed by atoms with Crippen LogP contribution in [0.5, 0.6) is 11.5 Å². The van der Waals surface area contributed by atoms with Gasteiger partial charge in [0.1, 0.15) is 0 Å². The number of hydrogen-bond acceptors (Lipinski definition) is 2. The maximum Gasteiger partial charge on any atom is 0.169 e. The predicted molar refractivity (Wildman–Crippen MR) is 92.6 cm³/mol. The lowest BCUT2D eigenvalue weighted by Gasteiger charge is -2.12. The molecule has 0 saturated heterocycles. The smallest absolute Gasteiger partial charge is 0.169 e. The van der Waals surface area contributed by atoms with Crippen molar-refractivity contribution in [3.63, 3.8) is 0 Å². The van der Waals surface area contributed by atoms with Crippen LogP contribution in [0.1, 0.15) is 78.1 Å². The minimum Gasteiger partial charge on any atom is -0.489 e. The molecule has 1 aromatic carbocycles. The molecule has 0 amide bonds. The molecule has 2 radical (unpaired) electrons. The van der Waals surface area contributed by atoms with Crippen molar-refractivity contribution in [2.75, 3.05) is 13.2 Å². The Morgan fingerprint density at radius 1 is 0.636 bits per heavy atom. The van der Waals surface area contributed by atoms with Crippen LogP contribution >= 0.6 is 0 Å². The van der Waals surface area contributed by atoms with Crippen LogP contribution in [0.2, 0.25) is 0 Å². The Morgan fingerprint density at radius 2 is 1.05 bits per heavy atom. The van der Waals surface area contributed by atoms with Crippen molar-refractivity contribution >= 4 is 0 Å². The Labute approximate surface area is 137 Å². The molecule has 0 bridgehead atoms. The summed E-state index contributed by atoms with van der Waals surface area (Å²) in [5.74, 6) is 1.43. The second-order valence-corrected chi connectivity index (χ2v) is 5.81. The Balaban J connectivity index is 2.20. The SMILES string of the molecule is CCCCCCCOc1[c]cc[c]c1OCCCCCCC. The molecule has 22 heavy (non-hydrogen) atoms. The summed E-state index contributed by atoms with van der Waals surface area (Å²) in [6.45, 7) is 5.95. The molecule has 0 aliphatic heterocycles. The highest BCUT2D eigenvalue weighted by Crippen LogP contribution is 2.25. The van der Waals surface area contributed by atoms with Crippen LogP contribution in [0, 0.1) is 12.1 Å². The van der Waals surface area contributed by atoms with Gasteiger partial charge in [0.25, 0.3) is 0 Å². The summed E-state index contributed by atoms with van der Waals surface area (Å²) in [6, 6.07) is 9.91. The Morgan fingerprint density at radius 3 is 1.45 bits per heavy atom. The fourth-order valence-electron chi connectivity index (χ4n) is 2.34. The molecule has 0 spiro atoms. The van der Waals surface area contributed by atoms with E-state index in [1.807, 2.05) is 12.1 Å². The van der Waals surface area contributed by atoms with Gasteiger partial charge in [0.15, 0.2) is 11.5 Å². The molecule has 0 N–H and O–H groups in total. The van der Waals surface area contributed by atoms with E-state index in [1.54, 1.807) is 0 Å². The molecule has 0 aliphatic rings. The lowest BCUT2D eigenvalue weighted by molar-refractivity contribution is 0.257. The van der Waals surface area contributed by atoms with E-state index >= 15 is 0 Å². The van der Waals surface area contributed by atoms with Gasteiger partial charge >= 0.3 is 0 Å². The average Bonchev–Trinajstić information content (AvgIpc) is 2.55. The van der Waals surface area contributed by atoms with Crippen molar-refractivity contribution < 1.29 is 9.47 Å². The molecule has 1 aromatic rings.